The number of rotatable bonds is 1. The average molecular weight is 210 g/mol. The van der Waals surface area contributed by atoms with E-state index in [-0.39, 0.29) is 30.9 Å². The van der Waals surface area contributed by atoms with E-state index in [9.17, 15) is 0 Å². The Labute approximate surface area is 84.4 Å². The summed E-state index contributed by atoms with van der Waals surface area (Å²) in [5, 5.41) is 0. The van der Waals surface area contributed by atoms with E-state index in [0.717, 1.165) is 5.69 Å². The van der Waals surface area contributed by atoms with Gasteiger partial charge in [0.2, 0.25) is 0 Å². The molecular weight excluding hydrogens is 197 g/mol. The van der Waals surface area contributed by atoms with Gasteiger partial charge in [-0.05, 0) is 19.1 Å². The zero-order valence-electron chi connectivity index (χ0n) is 6.73. The maximum absolute atomic E-state index is 5.56. The van der Waals surface area contributed by atoms with Gasteiger partial charge in [0.25, 0.3) is 0 Å². The van der Waals surface area contributed by atoms with E-state index in [0.29, 0.717) is 5.82 Å². The second-order valence-corrected chi connectivity index (χ2v) is 2.28. The number of hydrogen-bond acceptors (Lipinski definition) is 3. The molecule has 0 saturated heterocycles. The molecule has 5 heteroatoms. The Hall–Kier alpha value is -0.510. The SMILES string of the molecule is CC(N)c1cccc(N)n1.Cl.Cl. The summed E-state index contributed by atoms with van der Waals surface area (Å²) in [4.78, 5) is 4.03. The first-order chi connectivity index (χ1) is 4.70. The number of hydrogen-bond donors (Lipinski definition) is 2. The molecule has 0 amide bonds. The summed E-state index contributed by atoms with van der Waals surface area (Å²) in [6.45, 7) is 1.88. The van der Waals surface area contributed by atoms with Crippen LogP contribution in [-0.4, -0.2) is 4.98 Å². The lowest BCUT2D eigenvalue weighted by Gasteiger charge is -2.03. The molecule has 0 aliphatic rings. The average Bonchev–Trinajstić information content (AvgIpc) is 1.88. The van der Waals surface area contributed by atoms with Crippen molar-refractivity contribution in [2.24, 2.45) is 5.73 Å². The molecule has 12 heavy (non-hydrogen) atoms. The molecule has 1 atom stereocenters. The summed E-state index contributed by atoms with van der Waals surface area (Å²) in [7, 11) is 0. The number of aromatic nitrogens is 1. The quantitative estimate of drug-likeness (QED) is 0.738. The predicted molar refractivity (Wildman–Crippen MR) is 55.7 cm³/mol. The van der Waals surface area contributed by atoms with Crippen LogP contribution in [0, 0.1) is 0 Å². The van der Waals surface area contributed by atoms with Crippen LogP contribution in [0.5, 0.6) is 0 Å². The molecule has 4 N–H and O–H groups in total. The third-order valence-corrected chi connectivity index (χ3v) is 1.26. The van der Waals surface area contributed by atoms with Gasteiger partial charge in [-0.15, -0.1) is 24.8 Å². The molecule has 0 spiro atoms. The fourth-order valence-corrected chi connectivity index (χ4v) is 0.722. The van der Waals surface area contributed by atoms with Crippen molar-refractivity contribution >= 4 is 30.6 Å². The number of pyridine rings is 1. The summed E-state index contributed by atoms with van der Waals surface area (Å²) < 4.78 is 0. The lowest BCUT2D eigenvalue weighted by atomic mass is 10.2. The molecule has 1 aromatic heterocycles. The zero-order chi connectivity index (χ0) is 7.56. The van der Waals surface area contributed by atoms with Crippen LogP contribution in [0.25, 0.3) is 0 Å². The molecule has 3 nitrogen and oxygen atoms in total. The maximum atomic E-state index is 5.56. The Morgan fingerprint density at radius 3 is 2.25 bits per heavy atom. The minimum Gasteiger partial charge on any atom is -0.384 e. The first-order valence-corrected chi connectivity index (χ1v) is 3.18. The van der Waals surface area contributed by atoms with Gasteiger partial charge in [-0.25, -0.2) is 4.98 Å². The predicted octanol–water partition coefficient (Wildman–Crippen LogP) is 1.53. The Morgan fingerprint density at radius 1 is 1.33 bits per heavy atom. The van der Waals surface area contributed by atoms with Gasteiger partial charge in [-0.2, -0.15) is 0 Å². The van der Waals surface area contributed by atoms with Gasteiger partial charge >= 0.3 is 0 Å². The van der Waals surface area contributed by atoms with Crippen LogP contribution in [0.2, 0.25) is 0 Å². The second kappa shape index (κ2) is 6.06. The van der Waals surface area contributed by atoms with Crippen molar-refractivity contribution in [2.75, 3.05) is 5.73 Å². The number of anilines is 1. The monoisotopic (exact) mass is 209 g/mol. The van der Waals surface area contributed by atoms with Crippen molar-refractivity contribution in [1.82, 2.24) is 4.98 Å². The molecule has 0 saturated carbocycles. The van der Waals surface area contributed by atoms with Gasteiger partial charge in [0.05, 0.1) is 5.69 Å². The molecule has 0 aliphatic heterocycles. The summed E-state index contributed by atoms with van der Waals surface area (Å²) in [5.74, 6) is 0.523. The van der Waals surface area contributed by atoms with Crippen LogP contribution in [0.3, 0.4) is 0 Å². The van der Waals surface area contributed by atoms with Crippen molar-refractivity contribution in [1.29, 1.82) is 0 Å². The Kier molecular flexibility index (Phi) is 7.09. The zero-order valence-corrected chi connectivity index (χ0v) is 8.36. The van der Waals surface area contributed by atoms with E-state index in [4.69, 9.17) is 11.5 Å². The first-order valence-electron chi connectivity index (χ1n) is 3.18. The fourth-order valence-electron chi connectivity index (χ4n) is 0.722. The highest BCUT2D eigenvalue weighted by molar-refractivity contribution is 5.85. The topological polar surface area (TPSA) is 64.9 Å². The Morgan fingerprint density at radius 2 is 1.92 bits per heavy atom. The highest BCUT2D eigenvalue weighted by atomic mass is 35.5. The lowest BCUT2D eigenvalue weighted by molar-refractivity contribution is 0.783. The van der Waals surface area contributed by atoms with E-state index in [2.05, 4.69) is 4.98 Å². The largest absolute Gasteiger partial charge is 0.384 e. The molecule has 0 fully saturated rings. The highest BCUT2D eigenvalue weighted by Crippen LogP contribution is 2.06. The third-order valence-electron chi connectivity index (χ3n) is 1.26. The summed E-state index contributed by atoms with van der Waals surface area (Å²) in [6, 6.07) is 5.41. The van der Waals surface area contributed by atoms with Crippen molar-refractivity contribution in [3.05, 3.63) is 23.9 Å². The number of nitrogens with two attached hydrogens (primary N) is 2. The molecule has 1 aromatic rings. The standard InChI is InChI=1S/C7H11N3.2ClH/c1-5(8)6-3-2-4-7(9)10-6;;/h2-5H,8H2,1H3,(H2,9,10);2*1H. The number of nitrogens with zero attached hydrogens (tertiary/aromatic N) is 1. The molecule has 1 rings (SSSR count). The van der Waals surface area contributed by atoms with E-state index in [1.807, 2.05) is 19.1 Å². The van der Waals surface area contributed by atoms with Crippen LogP contribution >= 0.6 is 24.8 Å². The third kappa shape index (κ3) is 3.76. The van der Waals surface area contributed by atoms with Crippen LogP contribution in [0.15, 0.2) is 18.2 Å². The van der Waals surface area contributed by atoms with Crippen LogP contribution in [-0.2, 0) is 0 Å². The van der Waals surface area contributed by atoms with Gasteiger partial charge in [0, 0.05) is 6.04 Å². The minimum absolute atomic E-state index is 0. The molecule has 1 heterocycles. The van der Waals surface area contributed by atoms with Crippen molar-refractivity contribution in [3.63, 3.8) is 0 Å². The molecule has 0 radical (unpaired) electrons. The van der Waals surface area contributed by atoms with Crippen LogP contribution < -0.4 is 11.5 Å². The Balaban J connectivity index is 0. The van der Waals surface area contributed by atoms with Crippen molar-refractivity contribution in [2.45, 2.75) is 13.0 Å². The highest BCUT2D eigenvalue weighted by Gasteiger charge is 1.98. The number of nitrogen functional groups attached to an aromatic ring is 1. The van der Waals surface area contributed by atoms with E-state index in [1.165, 1.54) is 0 Å². The molecule has 0 aliphatic carbocycles. The van der Waals surface area contributed by atoms with Gasteiger partial charge in [0.15, 0.2) is 0 Å². The van der Waals surface area contributed by atoms with Gasteiger partial charge in [-0.3, -0.25) is 0 Å². The molecule has 1 unspecified atom stereocenters. The second-order valence-electron chi connectivity index (χ2n) is 2.28. The lowest BCUT2D eigenvalue weighted by Crippen LogP contribution is -2.07. The minimum atomic E-state index is -0.0384. The van der Waals surface area contributed by atoms with Crippen molar-refractivity contribution in [3.8, 4) is 0 Å². The summed E-state index contributed by atoms with van der Waals surface area (Å²) in [6.07, 6.45) is 0. The Bertz CT molecular complexity index is 228. The smallest absolute Gasteiger partial charge is 0.123 e. The van der Waals surface area contributed by atoms with E-state index >= 15 is 0 Å². The van der Waals surface area contributed by atoms with Crippen LogP contribution in [0.4, 0.5) is 5.82 Å². The summed E-state index contributed by atoms with van der Waals surface area (Å²) in [5.41, 5.74) is 11.8. The first kappa shape index (κ1) is 14.0. The summed E-state index contributed by atoms with van der Waals surface area (Å²) >= 11 is 0. The number of halogens is 2. The normalized spacial score (nSPS) is 10.8. The van der Waals surface area contributed by atoms with E-state index in [1.54, 1.807) is 6.07 Å². The van der Waals surface area contributed by atoms with Gasteiger partial charge in [0.1, 0.15) is 5.82 Å². The molecule has 0 bridgehead atoms. The molecule has 70 valence electrons. The van der Waals surface area contributed by atoms with E-state index < -0.39 is 0 Å². The molecular formula is C7H13Cl2N3. The van der Waals surface area contributed by atoms with Gasteiger partial charge in [-0.1, -0.05) is 6.07 Å². The van der Waals surface area contributed by atoms with Gasteiger partial charge < -0.3 is 11.5 Å². The fraction of sp³-hybridized carbons (Fsp3) is 0.286. The maximum Gasteiger partial charge on any atom is 0.123 e. The molecule has 0 aromatic carbocycles. The van der Waals surface area contributed by atoms with Crippen LogP contribution in [0.1, 0.15) is 18.7 Å². The van der Waals surface area contributed by atoms with Crippen molar-refractivity contribution < 1.29 is 0 Å².